The second-order valence-electron chi connectivity index (χ2n) is 5.15. The molecule has 0 unspecified atom stereocenters. The SMILES string of the molecule is Cc1c(Cl)cc(CCCO)c2oc(-c3ccccc3Cl)nc12. The van der Waals surface area contributed by atoms with Gasteiger partial charge in [0.15, 0.2) is 5.58 Å². The Morgan fingerprint density at radius 2 is 1.95 bits per heavy atom. The third kappa shape index (κ3) is 2.72. The van der Waals surface area contributed by atoms with E-state index in [0.29, 0.717) is 34.4 Å². The molecule has 0 bridgehead atoms. The number of benzene rings is 2. The molecule has 0 aliphatic heterocycles. The van der Waals surface area contributed by atoms with E-state index < -0.39 is 0 Å². The van der Waals surface area contributed by atoms with Crippen molar-refractivity contribution >= 4 is 34.3 Å². The van der Waals surface area contributed by atoms with Crippen molar-refractivity contribution in [3.05, 3.63) is 51.5 Å². The average molecular weight is 336 g/mol. The first-order valence-corrected chi connectivity index (χ1v) is 7.81. The molecule has 0 amide bonds. The molecule has 3 rings (SSSR count). The van der Waals surface area contributed by atoms with Crippen LogP contribution in [0.25, 0.3) is 22.6 Å². The molecule has 5 heteroatoms. The van der Waals surface area contributed by atoms with Gasteiger partial charge in [0.2, 0.25) is 5.89 Å². The molecular weight excluding hydrogens is 321 g/mol. The normalized spacial score (nSPS) is 11.3. The van der Waals surface area contributed by atoms with Crippen molar-refractivity contribution in [3.8, 4) is 11.5 Å². The molecule has 0 atom stereocenters. The van der Waals surface area contributed by atoms with E-state index in [1.54, 1.807) is 6.07 Å². The quantitative estimate of drug-likeness (QED) is 0.726. The van der Waals surface area contributed by atoms with E-state index >= 15 is 0 Å². The van der Waals surface area contributed by atoms with Crippen molar-refractivity contribution in [2.24, 2.45) is 0 Å². The zero-order chi connectivity index (χ0) is 15.7. The number of fused-ring (bicyclic) bond motifs is 1. The van der Waals surface area contributed by atoms with Crippen molar-refractivity contribution in [1.82, 2.24) is 4.98 Å². The minimum atomic E-state index is 0.124. The van der Waals surface area contributed by atoms with Gasteiger partial charge in [0, 0.05) is 11.6 Å². The topological polar surface area (TPSA) is 46.3 Å². The van der Waals surface area contributed by atoms with Gasteiger partial charge in [0.1, 0.15) is 5.52 Å². The van der Waals surface area contributed by atoms with E-state index in [0.717, 1.165) is 22.2 Å². The Hall–Kier alpha value is -1.55. The summed E-state index contributed by atoms with van der Waals surface area (Å²) >= 11 is 12.5. The van der Waals surface area contributed by atoms with Crippen LogP contribution in [0.3, 0.4) is 0 Å². The van der Waals surface area contributed by atoms with Crippen molar-refractivity contribution in [3.63, 3.8) is 0 Å². The summed E-state index contributed by atoms with van der Waals surface area (Å²) in [6, 6.07) is 9.32. The van der Waals surface area contributed by atoms with Gasteiger partial charge in [-0.05, 0) is 49.1 Å². The molecule has 0 aliphatic carbocycles. The van der Waals surface area contributed by atoms with E-state index in [1.165, 1.54) is 0 Å². The largest absolute Gasteiger partial charge is 0.436 e. The Balaban J connectivity index is 2.20. The summed E-state index contributed by atoms with van der Waals surface area (Å²) in [7, 11) is 0. The molecule has 2 aromatic carbocycles. The van der Waals surface area contributed by atoms with E-state index in [-0.39, 0.29) is 6.61 Å². The van der Waals surface area contributed by atoms with Gasteiger partial charge in [0.25, 0.3) is 0 Å². The lowest BCUT2D eigenvalue weighted by Gasteiger charge is -2.04. The summed E-state index contributed by atoms with van der Waals surface area (Å²) in [6.07, 6.45) is 1.33. The van der Waals surface area contributed by atoms with Crippen LogP contribution in [0, 0.1) is 6.92 Å². The first-order valence-electron chi connectivity index (χ1n) is 7.06. The fourth-order valence-electron chi connectivity index (χ4n) is 2.44. The summed E-state index contributed by atoms with van der Waals surface area (Å²) in [4.78, 5) is 4.57. The molecule has 0 fully saturated rings. The number of nitrogens with zero attached hydrogens (tertiary/aromatic N) is 1. The molecule has 1 N–H and O–H groups in total. The van der Waals surface area contributed by atoms with Crippen LogP contribution in [0.15, 0.2) is 34.7 Å². The van der Waals surface area contributed by atoms with E-state index in [1.807, 2.05) is 31.2 Å². The first kappa shape index (κ1) is 15.3. The molecule has 3 aromatic rings. The lowest BCUT2D eigenvalue weighted by Crippen LogP contribution is -1.92. The van der Waals surface area contributed by atoms with Crippen molar-refractivity contribution in [2.75, 3.05) is 6.61 Å². The van der Waals surface area contributed by atoms with Crippen LogP contribution in [-0.4, -0.2) is 16.7 Å². The van der Waals surface area contributed by atoms with E-state index in [4.69, 9.17) is 32.7 Å². The molecule has 0 saturated carbocycles. The molecule has 1 aromatic heterocycles. The smallest absolute Gasteiger partial charge is 0.228 e. The Labute approximate surface area is 138 Å². The minimum Gasteiger partial charge on any atom is -0.436 e. The maximum Gasteiger partial charge on any atom is 0.228 e. The highest BCUT2D eigenvalue weighted by Crippen LogP contribution is 2.35. The fourth-order valence-corrected chi connectivity index (χ4v) is 2.87. The van der Waals surface area contributed by atoms with Gasteiger partial charge in [0.05, 0.1) is 10.6 Å². The predicted molar refractivity (Wildman–Crippen MR) is 89.6 cm³/mol. The molecule has 114 valence electrons. The van der Waals surface area contributed by atoms with Crippen LogP contribution in [0.1, 0.15) is 17.5 Å². The fraction of sp³-hybridized carbons (Fsp3) is 0.235. The third-order valence-electron chi connectivity index (χ3n) is 3.64. The van der Waals surface area contributed by atoms with Crippen LogP contribution in [0.4, 0.5) is 0 Å². The Bertz CT molecular complexity index is 827. The number of halogens is 2. The van der Waals surface area contributed by atoms with Crippen LogP contribution in [0.5, 0.6) is 0 Å². The Morgan fingerprint density at radius 3 is 2.68 bits per heavy atom. The number of aromatic nitrogens is 1. The number of aliphatic hydroxyl groups excluding tert-OH is 1. The minimum absolute atomic E-state index is 0.124. The van der Waals surface area contributed by atoms with Crippen molar-refractivity contribution in [1.29, 1.82) is 0 Å². The van der Waals surface area contributed by atoms with Crippen molar-refractivity contribution in [2.45, 2.75) is 19.8 Å². The highest BCUT2D eigenvalue weighted by Gasteiger charge is 2.17. The zero-order valence-corrected chi connectivity index (χ0v) is 13.6. The van der Waals surface area contributed by atoms with Gasteiger partial charge in [-0.1, -0.05) is 35.3 Å². The molecular formula is C17H15Cl2NO2. The van der Waals surface area contributed by atoms with Crippen LogP contribution in [0.2, 0.25) is 10.0 Å². The molecule has 22 heavy (non-hydrogen) atoms. The van der Waals surface area contributed by atoms with Gasteiger partial charge in [-0.25, -0.2) is 4.98 Å². The monoisotopic (exact) mass is 335 g/mol. The zero-order valence-electron chi connectivity index (χ0n) is 12.1. The highest BCUT2D eigenvalue weighted by molar-refractivity contribution is 6.33. The number of hydrogen-bond acceptors (Lipinski definition) is 3. The standard InChI is InChI=1S/C17H15Cl2NO2/c1-10-14(19)9-11(5-4-8-21)16-15(10)20-17(22-16)12-6-2-3-7-13(12)18/h2-3,6-7,9,21H,4-5,8H2,1H3. The Morgan fingerprint density at radius 1 is 1.18 bits per heavy atom. The molecule has 0 radical (unpaired) electrons. The summed E-state index contributed by atoms with van der Waals surface area (Å²) in [6.45, 7) is 2.04. The first-order chi connectivity index (χ1) is 10.6. The van der Waals surface area contributed by atoms with Gasteiger partial charge in [-0.2, -0.15) is 0 Å². The van der Waals surface area contributed by atoms with E-state index in [9.17, 15) is 0 Å². The highest BCUT2D eigenvalue weighted by atomic mass is 35.5. The molecule has 0 saturated heterocycles. The maximum absolute atomic E-state index is 9.05. The third-order valence-corrected chi connectivity index (χ3v) is 4.36. The van der Waals surface area contributed by atoms with Gasteiger partial charge in [-0.3, -0.25) is 0 Å². The van der Waals surface area contributed by atoms with E-state index in [2.05, 4.69) is 4.98 Å². The summed E-state index contributed by atoms with van der Waals surface area (Å²) in [5, 5.41) is 10.3. The maximum atomic E-state index is 9.05. The molecule has 3 nitrogen and oxygen atoms in total. The molecule has 1 heterocycles. The summed E-state index contributed by atoms with van der Waals surface area (Å²) < 4.78 is 5.96. The Kier molecular flexibility index (Phi) is 4.39. The number of rotatable bonds is 4. The average Bonchev–Trinajstić information content (AvgIpc) is 2.95. The summed E-state index contributed by atoms with van der Waals surface area (Å²) in [5.74, 6) is 0.483. The number of aliphatic hydroxyl groups is 1. The van der Waals surface area contributed by atoms with Gasteiger partial charge < -0.3 is 9.52 Å². The number of hydrogen-bond donors (Lipinski definition) is 1. The van der Waals surface area contributed by atoms with Crippen LogP contribution in [-0.2, 0) is 6.42 Å². The molecule has 0 spiro atoms. The lowest BCUT2D eigenvalue weighted by molar-refractivity contribution is 0.288. The van der Waals surface area contributed by atoms with Crippen LogP contribution >= 0.6 is 23.2 Å². The molecule has 0 aliphatic rings. The number of oxazole rings is 1. The van der Waals surface area contributed by atoms with Crippen molar-refractivity contribution < 1.29 is 9.52 Å². The van der Waals surface area contributed by atoms with Gasteiger partial charge >= 0.3 is 0 Å². The summed E-state index contributed by atoms with van der Waals surface area (Å²) in [5.41, 5.74) is 4.04. The van der Waals surface area contributed by atoms with Gasteiger partial charge in [-0.15, -0.1) is 0 Å². The van der Waals surface area contributed by atoms with Crippen LogP contribution < -0.4 is 0 Å². The predicted octanol–water partition coefficient (Wildman–Crippen LogP) is 5.03. The number of aryl methyl sites for hydroxylation is 2. The lowest BCUT2D eigenvalue weighted by atomic mass is 10.1. The second kappa shape index (κ2) is 6.29. The second-order valence-corrected chi connectivity index (χ2v) is 5.96.